The molecule has 120 valence electrons. The molecule has 0 spiro atoms. The van der Waals surface area contributed by atoms with Gasteiger partial charge in [0.1, 0.15) is 11.5 Å². The van der Waals surface area contributed by atoms with Gasteiger partial charge in [-0.3, -0.25) is 9.59 Å². The van der Waals surface area contributed by atoms with Crippen LogP contribution in [0, 0.1) is 11.7 Å². The SMILES string of the molecule is CN(C(=O)c1cc(C(N)=O)c[nH]1)[C@H](c1ccc(F)cc1)C1CC1. The Labute approximate surface area is 133 Å². The highest BCUT2D eigenvalue weighted by Gasteiger charge is 2.37. The Morgan fingerprint density at radius 1 is 1.30 bits per heavy atom. The van der Waals surface area contributed by atoms with Crippen LogP contribution >= 0.6 is 0 Å². The molecule has 1 fully saturated rings. The lowest BCUT2D eigenvalue weighted by molar-refractivity contribution is 0.0705. The number of primary amides is 1. The molecule has 0 saturated heterocycles. The van der Waals surface area contributed by atoms with Crippen molar-refractivity contribution < 1.29 is 14.0 Å². The average Bonchev–Trinajstić information content (AvgIpc) is 3.23. The molecule has 1 saturated carbocycles. The maximum Gasteiger partial charge on any atom is 0.270 e. The standard InChI is InChI=1S/C17H18FN3O2/c1-21(17(23)14-8-12(9-20-14)16(19)22)15(10-2-3-10)11-4-6-13(18)7-5-11/h4-10,15,20H,2-3H2,1H3,(H2,19,22)/t15-/m0/s1. The lowest BCUT2D eigenvalue weighted by Crippen LogP contribution is -2.32. The number of aromatic amines is 1. The van der Waals surface area contributed by atoms with Gasteiger partial charge in [-0.2, -0.15) is 0 Å². The van der Waals surface area contributed by atoms with Crippen molar-refractivity contribution in [3.05, 3.63) is 59.2 Å². The zero-order chi connectivity index (χ0) is 16.6. The highest BCUT2D eigenvalue weighted by atomic mass is 19.1. The first-order valence-corrected chi connectivity index (χ1v) is 7.48. The first-order valence-electron chi connectivity index (χ1n) is 7.48. The molecule has 0 radical (unpaired) electrons. The predicted molar refractivity (Wildman–Crippen MR) is 83.3 cm³/mol. The molecule has 1 aliphatic rings. The molecule has 23 heavy (non-hydrogen) atoms. The molecule has 3 N–H and O–H groups in total. The summed E-state index contributed by atoms with van der Waals surface area (Å²) in [4.78, 5) is 28.2. The largest absolute Gasteiger partial charge is 0.366 e. The Morgan fingerprint density at radius 2 is 1.96 bits per heavy atom. The zero-order valence-electron chi connectivity index (χ0n) is 12.8. The van der Waals surface area contributed by atoms with Crippen molar-refractivity contribution in [3.63, 3.8) is 0 Å². The summed E-state index contributed by atoms with van der Waals surface area (Å²) in [7, 11) is 1.72. The molecule has 0 unspecified atom stereocenters. The highest BCUT2D eigenvalue weighted by Crippen LogP contribution is 2.44. The number of aromatic nitrogens is 1. The van der Waals surface area contributed by atoms with E-state index in [9.17, 15) is 14.0 Å². The molecule has 6 heteroatoms. The van der Waals surface area contributed by atoms with Crippen molar-refractivity contribution in [1.82, 2.24) is 9.88 Å². The van der Waals surface area contributed by atoms with Gasteiger partial charge >= 0.3 is 0 Å². The predicted octanol–water partition coefficient (Wildman–Crippen LogP) is 2.48. The molecule has 2 amide bonds. The topological polar surface area (TPSA) is 79.2 Å². The van der Waals surface area contributed by atoms with Crippen LogP contribution in [-0.4, -0.2) is 28.7 Å². The molecule has 1 atom stereocenters. The van der Waals surface area contributed by atoms with E-state index in [-0.39, 0.29) is 23.3 Å². The lowest BCUT2D eigenvalue weighted by atomic mass is 10.0. The van der Waals surface area contributed by atoms with Crippen LogP contribution in [0.1, 0.15) is 45.3 Å². The second-order valence-corrected chi connectivity index (χ2v) is 5.92. The van der Waals surface area contributed by atoms with Crippen LogP contribution in [0.5, 0.6) is 0 Å². The Balaban J connectivity index is 1.85. The van der Waals surface area contributed by atoms with E-state index in [4.69, 9.17) is 5.73 Å². The quantitative estimate of drug-likeness (QED) is 0.889. The van der Waals surface area contributed by atoms with Gasteiger partial charge in [0.25, 0.3) is 5.91 Å². The number of H-pyrrole nitrogens is 1. The molecule has 3 rings (SSSR count). The van der Waals surface area contributed by atoms with Crippen molar-refractivity contribution in [2.45, 2.75) is 18.9 Å². The van der Waals surface area contributed by atoms with Crippen LogP contribution in [0.25, 0.3) is 0 Å². The normalized spacial score (nSPS) is 15.2. The molecule has 1 aromatic heterocycles. The van der Waals surface area contributed by atoms with Crippen LogP contribution in [0.15, 0.2) is 36.5 Å². The van der Waals surface area contributed by atoms with Gasteiger partial charge in [-0.05, 0) is 42.5 Å². The van der Waals surface area contributed by atoms with Gasteiger partial charge in [0.2, 0.25) is 5.91 Å². The zero-order valence-corrected chi connectivity index (χ0v) is 12.8. The monoisotopic (exact) mass is 315 g/mol. The number of hydrogen-bond acceptors (Lipinski definition) is 2. The van der Waals surface area contributed by atoms with E-state index in [1.807, 2.05) is 0 Å². The van der Waals surface area contributed by atoms with Crippen LogP contribution in [0.4, 0.5) is 4.39 Å². The van der Waals surface area contributed by atoms with Crippen LogP contribution in [-0.2, 0) is 0 Å². The van der Waals surface area contributed by atoms with E-state index >= 15 is 0 Å². The van der Waals surface area contributed by atoms with Gasteiger partial charge in [0.05, 0.1) is 11.6 Å². The first kappa shape index (κ1) is 15.3. The summed E-state index contributed by atoms with van der Waals surface area (Å²) < 4.78 is 13.1. The number of rotatable bonds is 5. The van der Waals surface area contributed by atoms with Crippen LogP contribution in [0.3, 0.4) is 0 Å². The number of amides is 2. The van der Waals surface area contributed by atoms with Gasteiger partial charge in [0, 0.05) is 13.2 Å². The number of nitrogens with zero attached hydrogens (tertiary/aromatic N) is 1. The van der Waals surface area contributed by atoms with Gasteiger partial charge in [-0.25, -0.2) is 4.39 Å². The van der Waals surface area contributed by atoms with E-state index in [1.54, 1.807) is 24.1 Å². The summed E-state index contributed by atoms with van der Waals surface area (Å²) in [6.45, 7) is 0. The fourth-order valence-electron chi connectivity index (χ4n) is 2.86. The summed E-state index contributed by atoms with van der Waals surface area (Å²) in [5.74, 6) is -0.730. The van der Waals surface area contributed by atoms with E-state index in [2.05, 4.69) is 4.98 Å². The molecule has 5 nitrogen and oxygen atoms in total. The Hall–Kier alpha value is -2.63. The van der Waals surface area contributed by atoms with Crippen molar-refractivity contribution in [2.75, 3.05) is 7.05 Å². The minimum absolute atomic E-state index is 0.108. The van der Waals surface area contributed by atoms with Crippen molar-refractivity contribution in [1.29, 1.82) is 0 Å². The number of carbonyl (C=O) groups excluding carboxylic acids is 2. The maximum absolute atomic E-state index is 13.1. The number of nitrogens with one attached hydrogen (secondary N) is 1. The third kappa shape index (κ3) is 3.11. The summed E-state index contributed by atoms with van der Waals surface area (Å²) in [6, 6.07) is 7.59. The second kappa shape index (κ2) is 5.87. The number of hydrogen-bond donors (Lipinski definition) is 2. The number of halogens is 1. The minimum atomic E-state index is -0.583. The van der Waals surface area contributed by atoms with Crippen molar-refractivity contribution >= 4 is 11.8 Å². The second-order valence-electron chi connectivity index (χ2n) is 5.92. The van der Waals surface area contributed by atoms with Gasteiger partial charge in [-0.1, -0.05) is 12.1 Å². The van der Waals surface area contributed by atoms with Crippen LogP contribution in [0.2, 0.25) is 0 Å². The van der Waals surface area contributed by atoms with E-state index in [1.165, 1.54) is 24.4 Å². The van der Waals surface area contributed by atoms with Gasteiger partial charge < -0.3 is 15.6 Å². The average molecular weight is 315 g/mol. The molecular formula is C17H18FN3O2. The molecule has 1 aromatic carbocycles. The summed E-state index contributed by atoms with van der Waals surface area (Å²) >= 11 is 0. The number of carbonyl (C=O) groups is 2. The third-order valence-electron chi connectivity index (χ3n) is 4.22. The summed E-state index contributed by atoms with van der Waals surface area (Å²) in [5, 5.41) is 0. The van der Waals surface area contributed by atoms with Gasteiger partial charge in [-0.15, -0.1) is 0 Å². The highest BCUT2D eigenvalue weighted by molar-refractivity contribution is 5.98. The molecule has 1 aliphatic carbocycles. The van der Waals surface area contributed by atoms with E-state index in [0.717, 1.165) is 18.4 Å². The number of benzene rings is 1. The third-order valence-corrected chi connectivity index (χ3v) is 4.22. The van der Waals surface area contributed by atoms with Crippen molar-refractivity contribution in [2.24, 2.45) is 11.7 Å². The van der Waals surface area contributed by atoms with Gasteiger partial charge in [0.15, 0.2) is 0 Å². The summed E-state index contributed by atoms with van der Waals surface area (Å²) in [5.41, 5.74) is 6.70. The van der Waals surface area contributed by atoms with Crippen LogP contribution < -0.4 is 5.73 Å². The first-order chi connectivity index (χ1) is 11.0. The lowest BCUT2D eigenvalue weighted by Gasteiger charge is -2.28. The molecule has 2 aromatic rings. The molecule has 0 aliphatic heterocycles. The fraction of sp³-hybridized carbons (Fsp3) is 0.294. The number of nitrogens with two attached hydrogens (primary N) is 1. The van der Waals surface area contributed by atoms with E-state index in [0.29, 0.717) is 11.6 Å². The maximum atomic E-state index is 13.1. The Morgan fingerprint density at radius 3 is 2.48 bits per heavy atom. The Bertz CT molecular complexity index is 735. The molecule has 0 bridgehead atoms. The van der Waals surface area contributed by atoms with E-state index < -0.39 is 5.91 Å². The minimum Gasteiger partial charge on any atom is -0.366 e. The summed E-state index contributed by atoms with van der Waals surface area (Å²) in [6.07, 6.45) is 3.50. The molecule has 1 heterocycles. The Kier molecular flexibility index (Phi) is 3.90. The smallest absolute Gasteiger partial charge is 0.270 e. The van der Waals surface area contributed by atoms with Crippen molar-refractivity contribution in [3.8, 4) is 0 Å². The molecular weight excluding hydrogens is 297 g/mol. The fourth-order valence-corrected chi connectivity index (χ4v) is 2.86.